The van der Waals surface area contributed by atoms with Crippen LogP contribution in [-0.4, -0.2) is 196 Å². The van der Waals surface area contributed by atoms with Crippen LogP contribution in [0.5, 0.6) is 0 Å². The third kappa shape index (κ3) is 18.8. The number of hydrogen-bond acceptors (Lipinski definition) is 12. The summed E-state index contributed by atoms with van der Waals surface area (Å²) in [5.74, 6) is -2.29. The molecule has 2 saturated carbocycles. The topological polar surface area (TPSA) is 240 Å². The van der Waals surface area contributed by atoms with Gasteiger partial charge in [0.25, 0.3) is 11.8 Å². The highest BCUT2D eigenvalue weighted by Gasteiger charge is 2.45. The predicted molar refractivity (Wildman–Crippen MR) is 346 cm³/mol. The minimum Gasteiger partial charge on any atom is -0.380 e. The predicted octanol–water partition coefficient (Wildman–Crippen LogP) is 5.53. The van der Waals surface area contributed by atoms with E-state index in [1.165, 1.54) is 0 Å². The minimum absolute atomic E-state index is 0.00447. The van der Waals surface area contributed by atoms with E-state index in [1.807, 2.05) is 60.7 Å². The van der Waals surface area contributed by atoms with Gasteiger partial charge in [0.05, 0.1) is 49.5 Å². The lowest BCUT2D eigenvalue weighted by molar-refractivity contribution is -0.141. The third-order valence-electron chi connectivity index (χ3n) is 19.0. The molecule has 4 aromatic rings. The van der Waals surface area contributed by atoms with Crippen LogP contribution in [0.15, 0.2) is 109 Å². The van der Waals surface area contributed by atoms with E-state index in [9.17, 15) is 38.4 Å². The van der Waals surface area contributed by atoms with Crippen molar-refractivity contribution in [2.24, 2.45) is 11.8 Å². The Morgan fingerprint density at radius 1 is 0.500 bits per heavy atom. The molecule has 4 fully saturated rings. The molecular formula is C70H96N10O10. The number of nitrogens with zero attached hydrogens (tertiary/aromatic N) is 4. The second-order valence-corrected chi connectivity index (χ2v) is 24.9. The zero-order valence-corrected chi connectivity index (χ0v) is 53.6. The summed E-state index contributed by atoms with van der Waals surface area (Å²) < 4.78 is 11.7. The van der Waals surface area contributed by atoms with Crippen LogP contribution in [0.2, 0.25) is 0 Å². The highest BCUT2D eigenvalue weighted by atomic mass is 16.5. The van der Waals surface area contributed by atoms with Crippen LogP contribution < -0.4 is 31.9 Å². The minimum atomic E-state index is -0.705. The van der Waals surface area contributed by atoms with E-state index in [4.69, 9.17) is 9.47 Å². The van der Waals surface area contributed by atoms with E-state index in [0.717, 1.165) is 86.5 Å². The van der Waals surface area contributed by atoms with Crippen LogP contribution in [0.4, 0.5) is 0 Å². The van der Waals surface area contributed by atoms with E-state index >= 15 is 0 Å². The monoisotopic (exact) mass is 1240 g/mol. The van der Waals surface area contributed by atoms with Gasteiger partial charge >= 0.3 is 0 Å². The van der Waals surface area contributed by atoms with E-state index < -0.39 is 36.0 Å². The quantitative estimate of drug-likeness (QED) is 0.0394. The van der Waals surface area contributed by atoms with Gasteiger partial charge in [-0.2, -0.15) is 0 Å². The van der Waals surface area contributed by atoms with Crippen LogP contribution in [0.25, 0.3) is 11.1 Å². The smallest absolute Gasteiger partial charge is 0.251 e. The summed E-state index contributed by atoms with van der Waals surface area (Å²) >= 11 is 0. The van der Waals surface area contributed by atoms with Crippen molar-refractivity contribution in [3.63, 3.8) is 0 Å². The Morgan fingerprint density at radius 3 is 1.19 bits per heavy atom. The maximum atomic E-state index is 14.7. The Balaban J connectivity index is 0.886. The van der Waals surface area contributed by atoms with Gasteiger partial charge < -0.3 is 61.0 Å². The second-order valence-electron chi connectivity index (χ2n) is 24.9. The average molecular weight is 1240 g/mol. The number of carbonyl (C=O) groups excluding carboxylic acids is 8. The van der Waals surface area contributed by atoms with E-state index in [-0.39, 0.29) is 97.7 Å². The molecule has 4 aromatic carbocycles. The molecule has 2 heterocycles. The Labute approximate surface area is 531 Å². The molecule has 486 valence electrons. The van der Waals surface area contributed by atoms with Gasteiger partial charge in [0.15, 0.2) is 0 Å². The van der Waals surface area contributed by atoms with E-state index in [0.29, 0.717) is 63.0 Å². The molecule has 90 heavy (non-hydrogen) atoms. The van der Waals surface area contributed by atoms with E-state index in [1.54, 1.807) is 110 Å². The Morgan fingerprint density at radius 2 is 0.856 bits per heavy atom. The highest BCUT2D eigenvalue weighted by molar-refractivity contribution is 5.98. The summed E-state index contributed by atoms with van der Waals surface area (Å²) in [6.07, 6.45) is 11.1. The fourth-order valence-corrected chi connectivity index (χ4v) is 13.2. The third-order valence-corrected chi connectivity index (χ3v) is 19.0. The highest BCUT2D eigenvalue weighted by Crippen LogP contribution is 2.33. The Hall–Kier alpha value is -7.52. The van der Waals surface area contributed by atoms with Crippen LogP contribution in [-0.2, 0) is 51.1 Å². The number of methoxy groups -OCH3 is 2. The van der Waals surface area contributed by atoms with Gasteiger partial charge in [-0.25, -0.2) is 0 Å². The first-order valence-electron chi connectivity index (χ1n) is 32.6. The van der Waals surface area contributed by atoms with Crippen molar-refractivity contribution in [3.05, 3.63) is 131 Å². The number of likely N-dealkylation sites (N-methyl/N-ethyl adjacent to an activating group) is 2. The second kappa shape index (κ2) is 34.1. The molecule has 2 aliphatic carbocycles. The van der Waals surface area contributed by atoms with Crippen molar-refractivity contribution < 1.29 is 47.8 Å². The molecule has 0 unspecified atom stereocenters. The summed E-state index contributed by atoms with van der Waals surface area (Å²) in [4.78, 5) is 119. The van der Waals surface area contributed by atoms with Gasteiger partial charge in [0.1, 0.15) is 12.1 Å². The first-order chi connectivity index (χ1) is 43.6. The molecule has 0 aromatic heterocycles. The summed E-state index contributed by atoms with van der Waals surface area (Å²) in [6.45, 7) is 4.78. The molecular weight excluding hydrogens is 1140 g/mol. The molecule has 20 heteroatoms. The molecule has 8 rings (SSSR count). The fourth-order valence-electron chi connectivity index (χ4n) is 13.2. The molecule has 6 N–H and O–H groups in total. The maximum Gasteiger partial charge on any atom is 0.251 e. The van der Waals surface area contributed by atoms with Crippen LogP contribution in [0, 0.1) is 11.8 Å². The molecule has 0 bridgehead atoms. The number of nitrogens with one attached hydrogen (secondary N) is 6. The lowest BCUT2D eigenvalue weighted by atomic mass is 9.83. The van der Waals surface area contributed by atoms with Crippen LogP contribution in [0.3, 0.4) is 0 Å². The molecule has 8 atom stereocenters. The van der Waals surface area contributed by atoms with Crippen LogP contribution >= 0.6 is 0 Å². The van der Waals surface area contributed by atoms with Crippen molar-refractivity contribution in [3.8, 4) is 11.1 Å². The Bertz CT molecular complexity index is 2800. The largest absolute Gasteiger partial charge is 0.380 e. The van der Waals surface area contributed by atoms with Gasteiger partial charge in [0, 0.05) is 64.6 Å². The normalized spacial score (nSPS) is 20.1. The Kier molecular flexibility index (Phi) is 25.9. The van der Waals surface area contributed by atoms with Gasteiger partial charge in [0.2, 0.25) is 35.4 Å². The summed E-state index contributed by atoms with van der Waals surface area (Å²) in [7, 11) is 6.68. The van der Waals surface area contributed by atoms with Crippen LogP contribution in [0.1, 0.15) is 123 Å². The number of amides is 8. The number of carbonyl (C=O) groups is 8. The van der Waals surface area contributed by atoms with Crippen molar-refractivity contribution >= 4 is 47.3 Å². The summed E-state index contributed by atoms with van der Waals surface area (Å²) in [6, 6.07) is 30.4. The number of hydrogen-bond donors (Lipinski definition) is 6. The van der Waals surface area contributed by atoms with Crippen molar-refractivity contribution in [1.82, 2.24) is 51.5 Å². The van der Waals surface area contributed by atoms with Gasteiger partial charge in [-0.3, -0.25) is 38.4 Å². The summed E-state index contributed by atoms with van der Waals surface area (Å²) in [5.41, 5.74) is 4.34. The number of likely N-dealkylation sites (tertiary alicyclic amines) is 2. The molecule has 2 saturated heterocycles. The number of benzene rings is 4. The van der Waals surface area contributed by atoms with Crippen molar-refractivity contribution in [1.29, 1.82) is 0 Å². The molecule has 2 aliphatic heterocycles. The summed E-state index contributed by atoms with van der Waals surface area (Å²) in [5, 5.41) is 17.8. The van der Waals surface area contributed by atoms with Crippen molar-refractivity contribution in [2.75, 3.05) is 80.7 Å². The standard InChI is InChI=1S/C70H96N10O10/c1-47(71-3)65(83)75-63(53-23-15-9-16-24-53)69(87)79-45-59(89-5)39-57(79)43-77(37-35-49-19-11-7-12-20-49)61(81)41-73-67(85)55-31-27-51(28-32-55)52-29-33-56(34-30-52)68(86)74-42-62(82)78(38-36-50-21-13-8-14-22-50)44-58-40-60(90-6)46-80(58)70(88)64(54-25-17-10-18-26-54)76-66(84)48(2)72-4/h7-8,11-14,19-22,27-34,47-48,53-54,57-60,63-64,71-72H,9-10,15-18,23-26,35-46H2,1-6H3,(H,73,85)(H,74,86)(H,75,83)(H,76,84)/t47-,48-,57-,58-,59-,60-,63-,64-/m0/s1. The molecule has 0 spiro atoms. The van der Waals surface area contributed by atoms with Gasteiger partial charge in [-0.1, -0.05) is 123 Å². The SMILES string of the molecule is CN[C@@H](C)C(=O)N[C@H](C(=O)N1C[C@@H](OC)C[C@H]1CN(CCc1ccccc1)C(=O)CNC(=O)c1ccc(-c2ccc(C(=O)NCC(=O)N(CCc3ccccc3)C[C@@H]3C[C@H](OC)CN3C(=O)[C@@H](NC(=O)[C@H](C)NC)C3CCCCC3)cc2)cc1)C1CCCCC1. The van der Waals surface area contributed by atoms with E-state index in [2.05, 4.69) is 31.9 Å². The first-order valence-corrected chi connectivity index (χ1v) is 32.6. The maximum absolute atomic E-state index is 14.7. The number of rotatable bonds is 29. The molecule has 0 radical (unpaired) electrons. The lowest BCUT2D eigenvalue weighted by Crippen LogP contribution is -2.58. The number of ether oxygens (including phenoxy) is 2. The molecule has 20 nitrogen and oxygen atoms in total. The van der Waals surface area contributed by atoms with Gasteiger partial charge in [-0.15, -0.1) is 0 Å². The molecule has 4 aliphatic rings. The fraction of sp³-hybridized carbons (Fsp3) is 0.543. The zero-order valence-electron chi connectivity index (χ0n) is 53.6. The van der Waals surface area contributed by atoms with Crippen molar-refractivity contribution in [2.45, 2.75) is 152 Å². The lowest BCUT2D eigenvalue weighted by Gasteiger charge is -2.36. The van der Waals surface area contributed by atoms with Gasteiger partial charge in [-0.05, 0) is 138 Å². The first kappa shape index (κ1) is 68.4. The molecule has 8 amide bonds. The average Bonchev–Trinajstić information content (AvgIpc) is 1.84. The zero-order chi connectivity index (χ0) is 64.1.